The molecule has 0 aliphatic carbocycles. The van der Waals surface area contributed by atoms with Gasteiger partial charge in [0.05, 0.1) is 18.5 Å². The van der Waals surface area contributed by atoms with Crippen molar-refractivity contribution >= 4 is 37.2 Å². The van der Waals surface area contributed by atoms with Crippen molar-refractivity contribution in [2.45, 2.75) is 169 Å². The largest absolute Gasteiger partial charge is 0.543 e. The summed E-state index contributed by atoms with van der Waals surface area (Å²) in [4.78, 5) is 45.5. The zero-order valence-electron chi connectivity index (χ0n) is 41.8. The number of hydrogen-bond donors (Lipinski definition) is 3. The van der Waals surface area contributed by atoms with Gasteiger partial charge in [0.15, 0.2) is 0 Å². The summed E-state index contributed by atoms with van der Waals surface area (Å²) in [6.45, 7) is 30.7. The first kappa shape index (κ1) is 51.3. The molecule has 0 radical (unpaired) electrons. The second kappa shape index (κ2) is 20.8. The van der Waals surface area contributed by atoms with E-state index in [1.54, 1.807) is 20.8 Å². The minimum Gasteiger partial charge on any atom is -0.543 e. The van der Waals surface area contributed by atoms with Crippen LogP contribution >= 0.6 is 0 Å². The number of aromatic nitrogens is 2. The molecule has 2 aromatic carbocycles. The number of rotatable bonds is 17. The monoisotopic (exact) mass is 912 g/mol. The van der Waals surface area contributed by atoms with Gasteiger partial charge in [0, 0.05) is 48.8 Å². The molecular weight excluding hydrogens is 835 g/mol. The number of fused-ring (bicyclic) bond motifs is 1. The lowest BCUT2D eigenvalue weighted by Crippen LogP contribution is -2.60. The van der Waals surface area contributed by atoms with Gasteiger partial charge in [0.1, 0.15) is 23.4 Å². The van der Waals surface area contributed by atoms with E-state index in [1.165, 1.54) is 12.1 Å². The van der Waals surface area contributed by atoms with Gasteiger partial charge in [-0.3, -0.25) is 19.6 Å². The third-order valence-electron chi connectivity index (χ3n) is 12.9. The summed E-state index contributed by atoms with van der Waals surface area (Å²) >= 11 is 0. The summed E-state index contributed by atoms with van der Waals surface area (Å²) in [5.41, 5.74) is 10.9. The van der Waals surface area contributed by atoms with Crippen LogP contribution in [0.1, 0.15) is 133 Å². The van der Waals surface area contributed by atoms with Crippen LogP contribution in [0.5, 0.6) is 5.75 Å². The first-order valence-corrected chi connectivity index (χ1v) is 25.8. The SMILES string of the molecule is CCn1c(-c2cccnc2C(C)C)c(CC(C)(C)CO)c2cc(-c3cc(CC(NC(=O)OC(C)(C)C)C(=O)N4CCC[C@@H](C(=O)OC)N4)cc(O[Si](C(C)C)(C(C)C)C(C)C)c3)ccc21. The van der Waals surface area contributed by atoms with Crippen LogP contribution in [0.25, 0.3) is 33.3 Å². The van der Waals surface area contributed by atoms with Gasteiger partial charge in [0.2, 0.25) is 0 Å². The number of pyridine rings is 1. The van der Waals surface area contributed by atoms with Crippen molar-refractivity contribution in [3.63, 3.8) is 0 Å². The minimum absolute atomic E-state index is 0.0262. The van der Waals surface area contributed by atoms with E-state index >= 15 is 0 Å². The molecule has 1 unspecified atom stereocenters. The maximum absolute atomic E-state index is 14.6. The maximum Gasteiger partial charge on any atom is 0.408 e. The maximum atomic E-state index is 14.6. The Morgan fingerprint density at radius 2 is 1.62 bits per heavy atom. The number of hydrazine groups is 1. The van der Waals surface area contributed by atoms with Crippen LogP contribution in [-0.4, -0.2) is 83.9 Å². The van der Waals surface area contributed by atoms with Gasteiger partial charge in [-0.1, -0.05) is 81.4 Å². The lowest BCUT2D eigenvalue weighted by Gasteiger charge is -2.42. The lowest BCUT2D eigenvalue weighted by molar-refractivity contribution is -0.150. The molecule has 0 bridgehead atoms. The van der Waals surface area contributed by atoms with Crippen LogP contribution in [0.4, 0.5) is 4.79 Å². The average molecular weight is 912 g/mol. The number of carbonyl (C=O) groups excluding carboxylic acids is 3. The third kappa shape index (κ3) is 11.6. The second-order valence-corrected chi connectivity index (χ2v) is 26.3. The Bertz CT molecular complexity index is 2290. The van der Waals surface area contributed by atoms with Crippen molar-refractivity contribution in [1.29, 1.82) is 0 Å². The number of benzene rings is 2. The summed E-state index contributed by atoms with van der Waals surface area (Å²) in [6.07, 6.45) is 3.00. The molecule has 2 atom stereocenters. The van der Waals surface area contributed by atoms with Crippen molar-refractivity contribution in [1.82, 2.24) is 25.3 Å². The summed E-state index contributed by atoms with van der Waals surface area (Å²) in [5, 5.41) is 16.1. The van der Waals surface area contributed by atoms with E-state index in [0.717, 1.165) is 62.4 Å². The van der Waals surface area contributed by atoms with E-state index < -0.39 is 49.4 Å². The quantitative estimate of drug-likeness (QED) is 0.0696. The number of amides is 2. The van der Waals surface area contributed by atoms with Crippen LogP contribution < -0.4 is 15.2 Å². The normalized spacial score (nSPS) is 15.6. The molecule has 356 valence electrons. The molecule has 2 aromatic heterocycles. The number of aliphatic hydroxyl groups excluding tert-OH is 1. The smallest absolute Gasteiger partial charge is 0.408 e. The molecular formula is C52H77N5O7Si. The fourth-order valence-electron chi connectivity index (χ4n) is 9.92. The van der Waals surface area contributed by atoms with Gasteiger partial charge in [-0.15, -0.1) is 0 Å². The number of ether oxygens (including phenoxy) is 2. The van der Waals surface area contributed by atoms with Crippen molar-refractivity contribution in [3.05, 3.63) is 71.5 Å². The number of hydrogen-bond acceptors (Lipinski definition) is 9. The topological polar surface area (TPSA) is 144 Å². The zero-order valence-corrected chi connectivity index (χ0v) is 42.8. The van der Waals surface area contributed by atoms with Crippen molar-refractivity contribution < 1.29 is 33.4 Å². The second-order valence-electron chi connectivity index (χ2n) is 20.9. The minimum atomic E-state index is -2.48. The number of nitrogens with zero attached hydrogens (tertiary/aromatic N) is 3. The van der Waals surface area contributed by atoms with E-state index in [9.17, 15) is 19.5 Å². The predicted molar refractivity (Wildman–Crippen MR) is 263 cm³/mol. The first-order chi connectivity index (χ1) is 30.5. The molecule has 12 nitrogen and oxygen atoms in total. The number of aryl methyl sites for hydroxylation is 1. The summed E-state index contributed by atoms with van der Waals surface area (Å²) in [7, 11) is -1.15. The molecule has 13 heteroatoms. The van der Waals surface area contributed by atoms with Gasteiger partial charge in [-0.2, -0.15) is 0 Å². The fraction of sp³-hybridized carbons (Fsp3) is 0.577. The Kier molecular flexibility index (Phi) is 16.4. The molecule has 2 amide bonds. The van der Waals surface area contributed by atoms with Crippen LogP contribution in [0.2, 0.25) is 16.6 Å². The van der Waals surface area contributed by atoms with Crippen LogP contribution in [0, 0.1) is 5.41 Å². The molecule has 1 aliphatic heterocycles. The molecule has 1 aliphatic rings. The summed E-state index contributed by atoms with van der Waals surface area (Å²) in [6, 6.07) is 15.3. The average Bonchev–Trinajstić information content (AvgIpc) is 3.54. The molecule has 65 heavy (non-hydrogen) atoms. The van der Waals surface area contributed by atoms with E-state index in [0.29, 0.717) is 42.4 Å². The van der Waals surface area contributed by atoms with Crippen LogP contribution in [0.3, 0.4) is 0 Å². The molecule has 3 heterocycles. The Balaban J connectivity index is 1.75. The molecule has 4 aromatic rings. The Morgan fingerprint density at radius 1 is 0.938 bits per heavy atom. The molecule has 3 N–H and O–H groups in total. The van der Waals surface area contributed by atoms with Crippen LogP contribution in [-0.2, 0) is 38.4 Å². The highest BCUT2D eigenvalue weighted by Gasteiger charge is 2.47. The Labute approximate surface area is 389 Å². The molecule has 0 spiro atoms. The van der Waals surface area contributed by atoms with Gasteiger partial charge >= 0.3 is 12.1 Å². The van der Waals surface area contributed by atoms with Gasteiger partial charge in [-0.25, -0.2) is 10.2 Å². The van der Waals surface area contributed by atoms with Gasteiger partial charge < -0.3 is 28.9 Å². The highest BCUT2D eigenvalue weighted by Crippen LogP contribution is 2.45. The van der Waals surface area contributed by atoms with E-state index in [1.807, 2.05) is 18.3 Å². The zero-order chi connectivity index (χ0) is 48.2. The summed E-state index contributed by atoms with van der Waals surface area (Å²) < 4.78 is 20.5. The Morgan fingerprint density at radius 3 is 2.20 bits per heavy atom. The van der Waals surface area contributed by atoms with Gasteiger partial charge in [-0.05, 0) is 134 Å². The van der Waals surface area contributed by atoms with E-state index in [-0.39, 0.29) is 18.9 Å². The van der Waals surface area contributed by atoms with E-state index in [4.69, 9.17) is 18.9 Å². The van der Waals surface area contributed by atoms with Gasteiger partial charge in [0.25, 0.3) is 14.2 Å². The number of alkyl carbamates (subject to hydrolysis) is 1. The fourth-order valence-corrected chi connectivity index (χ4v) is 15.2. The van der Waals surface area contributed by atoms with Crippen molar-refractivity contribution in [2.75, 3.05) is 20.3 Å². The summed E-state index contributed by atoms with van der Waals surface area (Å²) in [5.74, 6) is 0.0680. The number of carbonyl (C=O) groups is 3. The number of methoxy groups -OCH3 is 1. The molecule has 0 saturated carbocycles. The van der Waals surface area contributed by atoms with Crippen molar-refractivity contribution in [2.24, 2.45) is 5.41 Å². The van der Waals surface area contributed by atoms with E-state index in [2.05, 4.69) is 128 Å². The standard InChI is InChI=1S/C52H77N5O7Si/c1-16-56-45-22-21-37(29-41(45)42(30-52(13,14)31-58)47(56)40-19-17-23-53-46(40)32(2)3)38-25-36(26-39(28-38)64-65(33(4)5,34(6)7)35(8)9)27-44(54-50(61)63-51(10,11)12)48(59)57-24-18-20-43(55-57)49(60)62-15/h17,19,21-23,25-26,28-29,32-35,43-44,55,58H,16,18,20,24,27,30-31H2,1-15H3,(H,54,61)/t43-,44?/m0/s1. The molecule has 5 rings (SSSR count). The van der Waals surface area contributed by atoms with Crippen molar-refractivity contribution in [3.8, 4) is 28.1 Å². The highest BCUT2D eigenvalue weighted by atomic mass is 28.4. The predicted octanol–water partition coefficient (Wildman–Crippen LogP) is 10.7. The number of esters is 1. The highest BCUT2D eigenvalue weighted by molar-refractivity contribution is 6.78. The lowest BCUT2D eigenvalue weighted by atomic mass is 9.84. The third-order valence-corrected chi connectivity index (χ3v) is 18.9. The number of aliphatic hydroxyl groups is 1. The molecule has 1 saturated heterocycles. The Hall–Kier alpha value is -4.72. The molecule has 1 fully saturated rings. The first-order valence-electron chi connectivity index (χ1n) is 23.7. The number of nitrogens with one attached hydrogen (secondary N) is 2. The van der Waals surface area contributed by atoms with Crippen LogP contribution in [0.15, 0.2) is 54.7 Å².